The molecule has 0 spiro atoms. The third-order valence-electron chi connectivity index (χ3n) is 4.75. The molecule has 1 aliphatic rings. The number of hydrogen-bond acceptors (Lipinski definition) is 8. The van der Waals surface area contributed by atoms with Crippen LogP contribution in [0.5, 0.6) is 0 Å². The van der Waals surface area contributed by atoms with Crippen molar-refractivity contribution in [3.63, 3.8) is 0 Å². The average Bonchev–Trinajstić information content (AvgIpc) is 2.69. The highest BCUT2D eigenvalue weighted by molar-refractivity contribution is 8.15. The Hall–Kier alpha value is -2.28. The summed E-state index contributed by atoms with van der Waals surface area (Å²) >= 11 is 0.957. The highest BCUT2D eigenvalue weighted by atomic mass is 32.2. The van der Waals surface area contributed by atoms with Crippen LogP contribution in [-0.2, 0) is 16.4 Å². The van der Waals surface area contributed by atoms with Crippen LogP contribution in [0.3, 0.4) is 0 Å². The van der Waals surface area contributed by atoms with E-state index in [1.807, 2.05) is 20.8 Å². The maximum atomic E-state index is 13.1. The number of nitrogens with two attached hydrogens (primary N) is 1. The second-order valence-corrected chi connectivity index (χ2v) is 9.67. The molecule has 0 fully saturated rings. The third kappa shape index (κ3) is 5.70. The summed E-state index contributed by atoms with van der Waals surface area (Å²) in [5, 5.41) is 11.2. The summed E-state index contributed by atoms with van der Waals surface area (Å²) in [4.78, 5) is 2.09. The molecular formula is C18H25F3N6O2S2. The number of benzene rings is 1. The first kappa shape index (κ1) is 25.0. The SMILES string of the molecule is C=C(N=Nc1ccc2c(c1NS(=O)(=O)C(F)(F)F)CCC(CC)N2C(C)C)S/C=N\N. The van der Waals surface area contributed by atoms with Crippen LogP contribution in [0.1, 0.15) is 39.2 Å². The number of thioether (sulfide) groups is 1. The lowest BCUT2D eigenvalue weighted by molar-refractivity contribution is -0.0429. The number of halogens is 3. The summed E-state index contributed by atoms with van der Waals surface area (Å²) in [5.41, 5.74) is -3.37. The van der Waals surface area contributed by atoms with Crippen molar-refractivity contribution < 1.29 is 21.6 Å². The van der Waals surface area contributed by atoms with Crippen molar-refractivity contribution in [3.05, 3.63) is 29.3 Å². The van der Waals surface area contributed by atoms with Gasteiger partial charge in [0.2, 0.25) is 0 Å². The monoisotopic (exact) mass is 478 g/mol. The maximum Gasteiger partial charge on any atom is 0.516 e. The maximum absolute atomic E-state index is 13.1. The summed E-state index contributed by atoms with van der Waals surface area (Å²) in [7, 11) is -5.65. The first-order valence-corrected chi connectivity index (χ1v) is 11.8. The number of nitrogens with zero attached hydrogens (tertiary/aromatic N) is 4. The standard InChI is InChI=1S/C18H25F3N6O2S2/c1-5-13-6-7-14-16(27(13)11(2)3)9-8-15(25-24-12(4)30-10-23-22)17(14)26-31(28,29)18(19,20)21/h8-11,13,26H,4-7,22H2,1-3H3/b23-10-,25-24?. The van der Waals surface area contributed by atoms with E-state index in [0.717, 1.165) is 18.2 Å². The second kappa shape index (κ2) is 9.90. The fourth-order valence-electron chi connectivity index (χ4n) is 3.48. The van der Waals surface area contributed by atoms with E-state index in [1.165, 1.54) is 11.6 Å². The summed E-state index contributed by atoms with van der Waals surface area (Å²) in [5.74, 6) is 5.00. The molecule has 1 aliphatic heterocycles. The van der Waals surface area contributed by atoms with E-state index >= 15 is 0 Å². The minimum atomic E-state index is -5.65. The minimum Gasteiger partial charge on any atom is -0.366 e. The van der Waals surface area contributed by atoms with Gasteiger partial charge in [-0.25, -0.2) is 0 Å². The van der Waals surface area contributed by atoms with Crippen molar-refractivity contribution in [2.45, 2.75) is 57.6 Å². The van der Waals surface area contributed by atoms with Crippen LogP contribution >= 0.6 is 11.8 Å². The molecule has 31 heavy (non-hydrogen) atoms. The van der Waals surface area contributed by atoms with Gasteiger partial charge in [0, 0.05) is 23.3 Å². The van der Waals surface area contributed by atoms with E-state index in [2.05, 4.69) is 26.8 Å². The van der Waals surface area contributed by atoms with E-state index in [0.29, 0.717) is 24.1 Å². The average molecular weight is 479 g/mol. The van der Waals surface area contributed by atoms with Gasteiger partial charge in [-0.1, -0.05) is 25.3 Å². The van der Waals surface area contributed by atoms with Crippen molar-refractivity contribution in [2.75, 3.05) is 9.62 Å². The molecular weight excluding hydrogens is 453 g/mol. The van der Waals surface area contributed by atoms with Gasteiger partial charge < -0.3 is 10.7 Å². The topological polar surface area (TPSA) is 113 Å². The van der Waals surface area contributed by atoms with E-state index in [4.69, 9.17) is 5.84 Å². The van der Waals surface area contributed by atoms with Crippen LogP contribution in [-0.4, -0.2) is 31.6 Å². The van der Waals surface area contributed by atoms with Crippen LogP contribution in [0, 0.1) is 0 Å². The Balaban J connectivity index is 2.62. The first-order valence-electron chi connectivity index (χ1n) is 9.45. The molecule has 0 amide bonds. The van der Waals surface area contributed by atoms with E-state index in [9.17, 15) is 21.6 Å². The van der Waals surface area contributed by atoms with E-state index in [-0.39, 0.29) is 28.5 Å². The van der Waals surface area contributed by atoms with Gasteiger partial charge in [0.1, 0.15) is 10.7 Å². The lowest BCUT2D eigenvalue weighted by Gasteiger charge is -2.42. The Morgan fingerprint density at radius 1 is 1.45 bits per heavy atom. The molecule has 0 bridgehead atoms. The normalized spacial score (nSPS) is 17.5. The predicted molar refractivity (Wildman–Crippen MR) is 119 cm³/mol. The predicted octanol–water partition coefficient (Wildman–Crippen LogP) is 5.08. The molecule has 3 N–H and O–H groups in total. The number of hydrogen-bond donors (Lipinski definition) is 2. The van der Waals surface area contributed by atoms with Gasteiger partial charge in [0.25, 0.3) is 0 Å². The number of rotatable bonds is 8. The van der Waals surface area contributed by atoms with Crippen LogP contribution in [0.25, 0.3) is 0 Å². The molecule has 1 aromatic rings. The molecule has 0 saturated heterocycles. The Kier molecular flexibility index (Phi) is 7.98. The summed E-state index contributed by atoms with van der Waals surface area (Å²) in [6, 6.07) is 3.43. The molecule has 1 heterocycles. The highest BCUT2D eigenvalue weighted by Gasteiger charge is 2.47. The minimum absolute atomic E-state index is 0.0448. The summed E-state index contributed by atoms with van der Waals surface area (Å²) in [6.07, 6.45) is 1.91. The lowest BCUT2D eigenvalue weighted by Crippen LogP contribution is -2.44. The molecule has 1 atom stereocenters. The zero-order chi connectivity index (χ0) is 23.4. The number of anilines is 2. The summed E-state index contributed by atoms with van der Waals surface area (Å²) in [6.45, 7) is 9.61. The number of nitrogens with one attached hydrogen (secondary N) is 1. The van der Waals surface area contributed by atoms with Crippen molar-refractivity contribution in [3.8, 4) is 0 Å². The molecule has 13 heteroatoms. The van der Waals surface area contributed by atoms with Crippen LogP contribution in [0.15, 0.2) is 39.1 Å². The molecule has 8 nitrogen and oxygen atoms in total. The second-order valence-electron chi connectivity index (χ2n) is 7.08. The third-order valence-corrected chi connectivity index (χ3v) is 6.42. The van der Waals surface area contributed by atoms with Crippen LogP contribution < -0.4 is 15.5 Å². The van der Waals surface area contributed by atoms with Gasteiger partial charge in [-0.05, 0) is 45.2 Å². The van der Waals surface area contributed by atoms with Gasteiger partial charge in [0.05, 0.1) is 11.2 Å². The highest BCUT2D eigenvalue weighted by Crippen LogP contribution is 2.44. The number of fused-ring (bicyclic) bond motifs is 1. The Morgan fingerprint density at radius 2 is 2.13 bits per heavy atom. The van der Waals surface area contributed by atoms with Gasteiger partial charge >= 0.3 is 15.5 Å². The number of sulfonamides is 1. The zero-order valence-electron chi connectivity index (χ0n) is 17.3. The van der Waals surface area contributed by atoms with Gasteiger partial charge in [-0.2, -0.15) is 26.7 Å². The molecule has 0 saturated carbocycles. The number of hydrazone groups is 1. The van der Waals surface area contributed by atoms with Crippen LogP contribution in [0.4, 0.5) is 30.2 Å². The van der Waals surface area contributed by atoms with Gasteiger partial charge in [0.15, 0.2) is 0 Å². The van der Waals surface area contributed by atoms with Gasteiger partial charge in [-0.3, -0.25) is 4.72 Å². The van der Waals surface area contributed by atoms with E-state index in [1.54, 1.807) is 10.8 Å². The molecule has 0 aromatic heterocycles. The van der Waals surface area contributed by atoms with E-state index < -0.39 is 15.5 Å². The zero-order valence-corrected chi connectivity index (χ0v) is 19.0. The Bertz CT molecular complexity index is 977. The number of alkyl halides is 3. The molecule has 1 aromatic carbocycles. The van der Waals surface area contributed by atoms with Crippen molar-refractivity contribution >= 4 is 44.4 Å². The first-order chi connectivity index (χ1) is 14.4. The molecule has 1 unspecified atom stereocenters. The summed E-state index contributed by atoms with van der Waals surface area (Å²) < 4.78 is 64.8. The Morgan fingerprint density at radius 3 is 2.68 bits per heavy atom. The molecule has 0 aliphatic carbocycles. The van der Waals surface area contributed by atoms with Crippen LogP contribution in [0.2, 0.25) is 0 Å². The van der Waals surface area contributed by atoms with Crippen molar-refractivity contribution in [1.29, 1.82) is 0 Å². The fraction of sp³-hybridized carbons (Fsp3) is 0.500. The fourth-order valence-corrected chi connectivity index (χ4v) is 4.36. The smallest absolute Gasteiger partial charge is 0.366 e. The van der Waals surface area contributed by atoms with Gasteiger partial charge in [-0.15, -0.1) is 10.2 Å². The van der Waals surface area contributed by atoms with Crippen molar-refractivity contribution in [2.24, 2.45) is 21.2 Å². The van der Waals surface area contributed by atoms with Crippen molar-refractivity contribution in [1.82, 2.24) is 0 Å². The molecule has 0 radical (unpaired) electrons. The lowest BCUT2D eigenvalue weighted by atomic mass is 9.91. The molecule has 2 rings (SSSR count). The largest absolute Gasteiger partial charge is 0.516 e. The number of azo groups is 1. The molecule has 172 valence electrons. The Labute approximate surface area is 183 Å². The quantitative estimate of drug-likeness (QED) is 0.178.